The number of urea groups is 1. The highest BCUT2D eigenvalue weighted by atomic mass is 32.3. The molecule has 2 saturated heterocycles. The number of benzene rings is 1. The Morgan fingerprint density at radius 3 is 2.38 bits per heavy atom. The minimum absolute atomic E-state index is 0.0893. The Morgan fingerprint density at radius 1 is 1.18 bits per heavy atom. The van der Waals surface area contributed by atoms with Gasteiger partial charge in [0.1, 0.15) is 11.8 Å². The molecule has 0 unspecified atom stereocenters. The van der Waals surface area contributed by atoms with Crippen molar-refractivity contribution in [3.05, 3.63) is 29.3 Å². The summed E-state index contributed by atoms with van der Waals surface area (Å²) in [6.45, 7) is 10.0. The van der Waals surface area contributed by atoms with Gasteiger partial charge in [-0.25, -0.2) is 9.59 Å². The van der Waals surface area contributed by atoms with Crippen LogP contribution in [0.2, 0.25) is 0 Å². The molecular weight excluding hydrogens is 466 g/mol. The Balaban J connectivity index is 1.89. The average Bonchev–Trinajstić information content (AvgIpc) is 2.91. The second kappa shape index (κ2) is 8.73. The molecule has 2 aliphatic rings. The van der Waals surface area contributed by atoms with Crippen molar-refractivity contribution in [2.75, 3.05) is 6.54 Å². The SMILES string of the molecule is CC(C)(C)C(C)(C)Cc1c(OS(=O)(=O)ON2C(=O)N3C[C@H]2CC[C@H]3C(N)=O)cccc1C(=O)O. The number of nitrogens with two attached hydrogens (primary N) is 1. The third-order valence-electron chi connectivity index (χ3n) is 7.03. The van der Waals surface area contributed by atoms with E-state index < -0.39 is 45.8 Å². The monoisotopic (exact) mass is 497 g/mol. The number of piperidine rings is 1. The van der Waals surface area contributed by atoms with E-state index in [2.05, 4.69) is 0 Å². The molecule has 2 atom stereocenters. The minimum atomic E-state index is -4.81. The number of aromatic carboxylic acids is 1. The van der Waals surface area contributed by atoms with Crippen molar-refractivity contribution in [1.82, 2.24) is 9.96 Å². The van der Waals surface area contributed by atoms with Crippen LogP contribution in [0.25, 0.3) is 0 Å². The lowest BCUT2D eigenvalue weighted by Gasteiger charge is -2.39. The zero-order valence-corrected chi connectivity index (χ0v) is 20.7. The number of rotatable bonds is 8. The molecule has 2 fully saturated rings. The molecule has 34 heavy (non-hydrogen) atoms. The fourth-order valence-electron chi connectivity index (χ4n) is 3.98. The van der Waals surface area contributed by atoms with E-state index in [-0.39, 0.29) is 35.3 Å². The van der Waals surface area contributed by atoms with E-state index in [1.807, 2.05) is 34.6 Å². The van der Waals surface area contributed by atoms with Crippen LogP contribution in [0, 0.1) is 10.8 Å². The van der Waals surface area contributed by atoms with Gasteiger partial charge >= 0.3 is 22.4 Å². The molecule has 11 nitrogen and oxygen atoms in total. The molecule has 12 heteroatoms. The number of hydrogen-bond acceptors (Lipinski definition) is 7. The molecule has 3 amide bonds. The number of carboxylic acids is 1. The average molecular weight is 498 g/mol. The highest BCUT2D eigenvalue weighted by molar-refractivity contribution is 7.82. The molecule has 3 rings (SSSR count). The first-order chi connectivity index (χ1) is 15.5. The normalized spacial score (nSPS) is 21.0. The molecule has 0 saturated carbocycles. The van der Waals surface area contributed by atoms with E-state index in [1.54, 1.807) is 0 Å². The molecule has 1 aromatic carbocycles. The quantitative estimate of drug-likeness (QED) is 0.554. The number of amides is 3. The second-order valence-electron chi connectivity index (χ2n) is 10.4. The maximum absolute atomic E-state index is 12.8. The Hall–Kier alpha value is -2.86. The lowest BCUT2D eigenvalue weighted by atomic mass is 9.66. The van der Waals surface area contributed by atoms with Crippen molar-refractivity contribution in [1.29, 1.82) is 0 Å². The van der Waals surface area contributed by atoms with Crippen LogP contribution in [0.15, 0.2) is 18.2 Å². The van der Waals surface area contributed by atoms with Crippen LogP contribution in [0.3, 0.4) is 0 Å². The molecule has 0 aliphatic carbocycles. The van der Waals surface area contributed by atoms with E-state index in [0.29, 0.717) is 17.9 Å². The van der Waals surface area contributed by atoms with E-state index in [4.69, 9.17) is 14.2 Å². The smallest absolute Gasteiger partial charge is 0.470 e. The van der Waals surface area contributed by atoms with Crippen LogP contribution in [0.1, 0.15) is 63.4 Å². The van der Waals surface area contributed by atoms with Gasteiger partial charge in [-0.1, -0.05) is 40.7 Å². The predicted molar refractivity (Wildman–Crippen MR) is 121 cm³/mol. The first kappa shape index (κ1) is 25.8. The molecule has 2 heterocycles. The van der Waals surface area contributed by atoms with Crippen molar-refractivity contribution in [2.24, 2.45) is 16.6 Å². The molecule has 1 aromatic rings. The number of fused-ring (bicyclic) bond motifs is 2. The van der Waals surface area contributed by atoms with Crippen LogP contribution in [0.5, 0.6) is 5.75 Å². The summed E-state index contributed by atoms with van der Waals surface area (Å²) in [5.74, 6) is -2.09. The lowest BCUT2D eigenvalue weighted by molar-refractivity contribution is -0.122. The summed E-state index contributed by atoms with van der Waals surface area (Å²) in [4.78, 5) is 37.3. The summed E-state index contributed by atoms with van der Waals surface area (Å²) in [5, 5.41) is 10.4. The molecular formula is C22H31N3O8S. The molecule has 188 valence electrons. The molecule has 0 radical (unpaired) electrons. The molecule has 0 spiro atoms. The van der Waals surface area contributed by atoms with E-state index in [1.165, 1.54) is 23.1 Å². The topological polar surface area (TPSA) is 157 Å². The zero-order valence-electron chi connectivity index (χ0n) is 19.9. The Labute approximate surface area is 199 Å². The van der Waals surface area contributed by atoms with Crippen molar-refractivity contribution in [3.63, 3.8) is 0 Å². The highest BCUT2D eigenvalue weighted by Crippen LogP contribution is 2.43. The third-order valence-corrected chi connectivity index (χ3v) is 7.75. The van der Waals surface area contributed by atoms with Gasteiger partial charge in [0.2, 0.25) is 5.91 Å². The number of carboxylic acid groups (broad SMARTS) is 1. The van der Waals surface area contributed by atoms with Crippen LogP contribution in [-0.4, -0.2) is 60.0 Å². The number of hydroxylamine groups is 2. The van der Waals surface area contributed by atoms with E-state index >= 15 is 0 Å². The molecule has 3 N–H and O–H groups in total. The maximum atomic E-state index is 12.8. The van der Waals surface area contributed by atoms with Gasteiger partial charge in [0.15, 0.2) is 0 Å². The van der Waals surface area contributed by atoms with Gasteiger partial charge in [0.25, 0.3) is 0 Å². The van der Waals surface area contributed by atoms with Gasteiger partial charge < -0.3 is 19.9 Å². The van der Waals surface area contributed by atoms with Crippen LogP contribution < -0.4 is 9.92 Å². The summed E-state index contributed by atoms with van der Waals surface area (Å²) < 4.78 is 35.8. The summed E-state index contributed by atoms with van der Waals surface area (Å²) >= 11 is 0. The van der Waals surface area contributed by atoms with Crippen LogP contribution >= 0.6 is 0 Å². The lowest BCUT2D eigenvalue weighted by Crippen LogP contribution is -2.47. The predicted octanol–water partition coefficient (Wildman–Crippen LogP) is 2.31. The van der Waals surface area contributed by atoms with Crippen LogP contribution in [-0.2, 0) is 25.9 Å². The number of nitrogens with zero attached hydrogens (tertiary/aromatic N) is 2. The number of primary amides is 1. The standard InChI is InChI=1S/C22H31N3O8S/c1-21(2,3)22(4,5)11-15-14(19(27)28)7-6-8-17(15)32-34(30,31)33-25-13-9-10-16(18(23)26)24(12-13)20(25)29/h6-8,13,16H,9-12H2,1-5H3,(H2,23,26)(H,27,28)/t13-,16+/m1/s1. The summed E-state index contributed by atoms with van der Waals surface area (Å²) in [5.41, 5.74) is 4.78. The Kier molecular flexibility index (Phi) is 6.61. The van der Waals surface area contributed by atoms with Gasteiger partial charge in [0, 0.05) is 12.1 Å². The summed E-state index contributed by atoms with van der Waals surface area (Å²) in [7, 11) is -4.81. The van der Waals surface area contributed by atoms with Crippen LogP contribution in [0.4, 0.5) is 4.79 Å². The fraction of sp³-hybridized carbons (Fsp3) is 0.591. The first-order valence-corrected chi connectivity index (χ1v) is 12.3. The zero-order chi connectivity index (χ0) is 25.6. The van der Waals surface area contributed by atoms with Gasteiger partial charge in [-0.05, 0) is 42.2 Å². The molecule has 0 aromatic heterocycles. The largest absolute Gasteiger partial charge is 0.478 e. The third kappa shape index (κ3) is 4.97. The number of hydrogen-bond donors (Lipinski definition) is 2. The Morgan fingerprint density at radius 2 is 1.82 bits per heavy atom. The minimum Gasteiger partial charge on any atom is -0.478 e. The van der Waals surface area contributed by atoms with Crippen molar-refractivity contribution in [3.8, 4) is 5.75 Å². The van der Waals surface area contributed by atoms with Crippen molar-refractivity contribution >= 4 is 28.3 Å². The Bertz CT molecular complexity index is 1110. The first-order valence-electron chi connectivity index (χ1n) is 10.9. The number of carbonyl (C=O) groups is 3. The van der Waals surface area contributed by atoms with E-state index in [0.717, 1.165) is 0 Å². The fourth-order valence-corrected chi connectivity index (χ4v) is 4.77. The summed E-state index contributed by atoms with van der Waals surface area (Å²) in [6, 6.07) is 1.87. The maximum Gasteiger partial charge on any atom is 0.470 e. The second-order valence-corrected chi connectivity index (χ2v) is 11.5. The van der Waals surface area contributed by atoms with Crippen molar-refractivity contribution < 1.29 is 36.4 Å². The van der Waals surface area contributed by atoms with Gasteiger partial charge in [-0.2, -0.15) is 13.5 Å². The highest BCUT2D eigenvalue weighted by Gasteiger charge is 2.49. The van der Waals surface area contributed by atoms with Crippen molar-refractivity contribution in [2.45, 2.75) is 66.0 Å². The van der Waals surface area contributed by atoms with Gasteiger partial charge in [-0.3, -0.25) is 4.79 Å². The van der Waals surface area contributed by atoms with Gasteiger partial charge in [-0.15, -0.1) is 4.28 Å². The molecule has 2 bridgehead atoms. The van der Waals surface area contributed by atoms with E-state index in [9.17, 15) is 27.9 Å². The number of carbonyl (C=O) groups excluding carboxylic acids is 2. The van der Waals surface area contributed by atoms with Gasteiger partial charge in [0.05, 0.1) is 11.6 Å². The molecule has 2 aliphatic heterocycles. The summed E-state index contributed by atoms with van der Waals surface area (Å²) in [6.07, 6.45) is 0.827.